The topological polar surface area (TPSA) is 158 Å². The fraction of sp³-hybridized carbons (Fsp3) is 0.308. The fourth-order valence-electron chi connectivity index (χ4n) is 3.35. The van der Waals surface area contributed by atoms with Crippen molar-refractivity contribution in [1.29, 1.82) is 0 Å². The van der Waals surface area contributed by atoms with Gasteiger partial charge in [-0.2, -0.15) is 0 Å². The third kappa shape index (κ3) is 8.43. The molecule has 0 aliphatic heterocycles. The Labute approximate surface area is 217 Å². The van der Waals surface area contributed by atoms with Crippen molar-refractivity contribution in [3.63, 3.8) is 0 Å². The number of Topliss-reactive ketones (excluding diaryl/α,β-unsaturated/α-hetero) is 1. The van der Waals surface area contributed by atoms with E-state index >= 15 is 0 Å². The summed E-state index contributed by atoms with van der Waals surface area (Å²) in [6, 6.07) is 6.40. The van der Waals surface area contributed by atoms with Crippen LogP contribution in [0.25, 0.3) is 0 Å². The molecule has 0 N–H and O–H groups in total. The molecule has 0 spiro atoms. The molecule has 0 bridgehead atoms. The van der Waals surface area contributed by atoms with Gasteiger partial charge in [-0.1, -0.05) is 0 Å². The van der Waals surface area contributed by atoms with E-state index in [1.54, 1.807) is 0 Å². The highest BCUT2D eigenvalue weighted by Gasteiger charge is 2.27. The van der Waals surface area contributed by atoms with E-state index in [1.807, 2.05) is 0 Å². The van der Waals surface area contributed by atoms with Crippen LogP contribution in [0, 0.1) is 0 Å². The third-order valence-corrected chi connectivity index (χ3v) is 4.57. The molecule has 12 heteroatoms. The molecule has 0 aliphatic carbocycles. The summed E-state index contributed by atoms with van der Waals surface area (Å²) >= 11 is 0. The van der Waals surface area contributed by atoms with Crippen molar-refractivity contribution in [3.8, 4) is 28.7 Å². The van der Waals surface area contributed by atoms with Crippen LogP contribution in [0.4, 0.5) is 0 Å². The maximum atomic E-state index is 13.3. The second kappa shape index (κ2) is 13.0. The zero-order chi connectivity index (χ0) is 28.6. The number of ether oxygens (including phenoxy) is 6. The molecule has 38 heavy (non-hydrogen) atoms. The lowest BCUT2D eigenvalue weighted by molar-refractivity contribution is -0.146. The van der Waals surface area contributed by atoms with Gasteiger partial charge in [-0.25, -0.2) is 0 Å². The lowest BCUT2D eigenvalue weighted by atomic mass is 9.98. The first-order chi connectivity index (χ1) is 17.8. The highest BCUT2D eigenvalue weighted by Crippen LogP contribution is 2.42. The molecule has 0 fully saturated rings. The van der Waals surface area contributed by atoms with Crippen LogP contribution in [0.5, 0.6) is 28.7 Å². The van der Waals surface area contributed by atoms with E-state index in [2.05, 4.69) is 0 Å². The van der Waals surface area contributed by atoms with Gasteiger partial charge < -0.3 is 28.4 Å². The fourth-order valence-corrected chi connectivity index (χ4v) is 3.35. The molecular formula is C26H26O12. The monoisotopic (exact) mass is 530 g/mol. The highest BCUT2D eigenvalue weighted by atomic mass is 16.6. The van der Waals surface area contributed by atoms with Gasteiger partial charge in [0.1, 0.15) is 17.6 Å². The Bertz CT molecular complexity index is 1240. The predicted octanol–water partition coefficient (Wildman–Crippen LogP) is 3.27. The second-order valence-corrected chi connectivity index (χ2v) is 7.81. The lowest BCUT2D eigenvalue weighted by Gasteiger charge is -2.21. The number of carbonyl (C=O) groups is 6. The second-order valence-electron chi connectivity index (χ2n) is 7.81. The predicted molar refractivity (Wildman–Crippen MR) is 128 cm³/mol. The van der Waals surface area contributed by atoms with E-state index in [0.717, 1.165) is 27.7 Å². The van der Waals surface area contributed by atoms with Crippen molar-refractivity contribution < 1.29 is 57.2 Å². The Balaban J connectivity index is 2.58. The van der Waals surface area contributed by atoms with Crippen LogP contribution >= 0.6 is 0 Å². The number of benzene rings is 2. The number of esters is 5. The summed E-state index contributed by atoms with van der Waals surface area (Å²) in [5.74, 6) is -4.68. The average molecular weight is 530 g/mol. The molecule has 0 heterocycles. The molecule has 12 nitrogen and oxygen atoms in total. The smallest absolute Gasteiger partial charge is 0.308 e. The minimum Gasteiger partial charge on any atom is -0.490 e. The van der Waals surface area contributed by atoms with Gasteiger partial charge in [0.2, 0.25) is 5.75 Å². The largest absolute Gasteiger partial charge is 0.490 e. The quantitative estimate of drug-likeness (QED) is 0.251. The summed E-state index contributed by atoms with van der Waals surface area (Å²) in [7, 11) is 1.26. The van der Waals surface area contributed by atoms with Crippen LogP contribution in [-0.4, -0.2) is 42.7 Å². The van der Waals surface area contributed by atoms with Gasteiger partial charge in [0.05, 0.1) is 19.1 Å². The summed E-state index contributed by atoms with van der Waals surface area (Å²) in [5, 5.41) is 0. The van der Waals surface area contributed by atoms with E-state index in [4.69, 9.17) is 28.4 Å². The van der Waals surface area contributed by atoms with Crippen molar-refractivity contribution in [1.82, 2.24) is 0 Å². The normalized spacial score (nSPS) is 11.0. The number of carbonyl (C=O) groups excluding carboxylic acids is 6. The van der Waals surface area contributed by atoms with Crippen LogP contribution in [0.1, 0.15) is 63.1 Å². The van der Waals surface area contributed by atoms with Crippen LogP contribution < -0.4 is 23.7 Å². The zero-order valence-corrected chi connectivity index (χ0v) is 21.6. The molecule has 2 aromatic carbocycles. The molecule has 2 rings (SSSR count). The Hall–Kier alpha value is -4.74. The van der Waals surface area contributed by atoms with E-state index in [1.165, 1.54) is 44.4 Å². The summed E-state index contributed by atoms with van der Waals surface area (Å²) in [6.45, 7) is 5.71. The molecule has 0 saturated carbocycles. The Kier molecular flexibility index (Phi) is 10.1. The molecule has 0 amide bonds. The minimum atomic E-state index is -1.26. The van der Waals surface area contributed by atoms with Crippen molar-refractivity contribution in [3.05, 3.63) is 41.5 Å². The first kappa shape index (κ1) is 29.5. The highest BCUT2D eigenvalue weighted by molar-refractivity contribution is 6.00. The molecule has 0 aromatic heterocycles. The Morgan fingerprint density at radius 3 is 1.61 bits per heavy atom. The number of methoxy groups -OCH3 is 1. The van der Waals surface area contributed by atoms with Gasteiger partial charge >= 0.3 is 29.8 Å². The molecule has 0 radical (unpaired) electrons. The maximum absolute atomic E-state index is 13.3. The van der Waals surface area contributed by atoms with Crippen molar-refractivity contribution in [2.45, 2.75) is 47.1 Å². The molecule has 202 valence electrons. The van der Waals surface area contributed by atoms with Gasteiger partial charge in [-0.3, -0.25) is 28.8 Å². The van der Waals surface area contributed by atoms with Crippen LogP contribution in [0.2, 0.25) is 0 Å². The SMILES string of the molecule is COc1c(OC(C)=O)cc(C(CC(=O)c2ccc(OC(C)=O)cc2OC(C)=O)OC(C)=O)cc1OC(C)=O. The maximum Gasteiger partial charge on any atom is 0.308 e. The number of hydrogen-bond acceptors (Lipinski definition) is 12. The standard InChI is InChI=1S/C26H26O12/c1-13(27)34-19-7-8-20(23(11-19)36-15(3)29)21(32)12-22(35-14(2)28)18-9-24(37-16(4)30)26(33-6)25(10-18)38-17(5)31/h7-11,22H,12H2,1-6H3. The van der Waals surface area contributed by atoms with Gasteiger partial charge in [-0.15, -0.1) is 0 Å². The average Bonchev–Trinajstić information content (AvgIpc) is 2.76. The lowest BCUT2D eigenvalue weighted by Crippen LogP contribution is -2.16. The first-order valence-electron chi connectivity index (χ1n) is 11.1. The van der Waals surface area contributed by atoms with E-state index in [-0.39, 0.29) is 39.9 Å². The minimum absolute atomic E-state index is 0.0361. The van der Waals surface area contributed by atoms with Gasteiger partial charge in [0.15, 0.2) is 17.3 Å². The van der Waals surface area contributed by atoms with Crippen LogP contribution in [0.3, 0.4) is 0 Å². The number of hydrogen-bond donors (Lipinski definition) is 0. The Morgan fingerprint density at radius 1 is 0.658 bits per heavy atom. The molecule has 1 unspecified atom stereocenters. The van der Waals surface area contributed by atoms with E-state index in [0.29, 0.717) is 0 Å². The molecule has 0 aliphatic rings. The van der Waals surface area contributed by atoms with Gasteiger partial charge in [-0.05, 0) is 24.3 Å². The third-order valence-electron chi connectivity index (χ3n) is 4.57. The van der Waals surface area contributed by atoms with Crippen molar-refractivity contribution >= 4 is 35.6 Å². The molecule has 1 atom stereocenters. The molecule has 2 aromatic rings. The summed E-state index contributed by atoms with van der Waals surface area (Å²) < 4.78 is 31.0. The molecular weight excluding hydrogens is 504 g/mol. The first-order valence-corrected chi connectivity index (χ1v) is 11.1. The van der Waals surface area contributed by atoms with Gasteiger partial charge in [0, 0.05) is 46.2 Å². The molecule has 0 saturated heterocycles. The summed E-state index contributed by atoms with van der Waals surface area (Å²) in [6.07, 6.45) is -1.72. The number of ketones is 1. The van der Waals surface area contributed by atoms with E-state index in [9.17, 15) is 28.8 Å². The van der Waals surface area contributed by atoms with Gasteiger partial charge in [0.25, 0.3) is 0 Å². The Morgan fingerprint density at radius 2 is 1.16 bits per heavy atom. The van der Waals surface area contributed by atoms with E-state index < -0.39 is 48.2 Å². The van der Waals surface area contributed by atoms with Crippen LogP contribution in [-0.2, 0) is 28.7 Å². The number of rotatable bonds is 10. The summed E-state index contributed by atoms with van der Waals surface area (Å²) in [4.78, 5) is 71.4. The summed E-state index contributed by atoms with van der Waals surface area (Å²) in [5.41, 5.74) is 0.0644. The zero-order valence-electron chi connectivity index (χ0n) is 21.6. The van der Waals surface area contributed by atoms with Crippen molar-refractivity contribution in [2.75, 3.05) is 7.11 Å². The van der Waals surface area contributed by atoms with Crippen LogP contribution in [0.15, 0.2) is 30.3 Å². The van der Waals surface area contributed by atoms with Crippen molar-refractivity contribution in [2.24, 2.45) is 0 Å².